The van der Waals surface area contributed by atoms with Crippen molar-refractivity contribution in [3.8, 4) is 11.5 Å². The number of anilines is 2. The highest BCUT2D eigenvalue weighted by Crippen LogP contribution is 2.18. The molecule has 2 aromatic rings. The van der Waals surface area contributed by atoms with E-state index in [4.69, 9.17) is 9.47 Å². The molecule has 4 N–H and O–H groups in total. The van der Waals surface area contributed by atoms with Crippen LogP contribution in [0.15, 0.2) is 72.8 Å². The number of nitrogens with one attached hydrogen (secondary N) is 4. The zero-order valence-corrected chi connectivity index (χ0v) is 21.4. The first-order valence-electron chi connectivity index (χ1n) is 11.4. The topological polar surface area (TPSA) is 135 Å². The molecule has 0 radical (unpaired) electrons. The van der Waals surface area contributed by atoms with Gasteiger partial charge < -0.3 is 30.7 Å². The van der Waals surface area contributed by atoms with Crippen molar-refractivity contribution in [2.75, 3.05) is 23.7 Å². The van der Waals surface area contributed by atoms with Gasteiger partial charge in [0, 0.05) is 35.6 Å². The van der Waals surface area contributed by atoms with Gasteiger partial charge in [-0.25, -0.2) is 9.59 Å². The highest BCUT2D eigenvalue weighted by Gasteiger charge is 2.21. The van der Waals surface area contributed by atoms with Crippen LogP contribution < -0.4 is 30.7 Å². The molecule has 0 unspecified atom stereocenters. The molecular weight excluding hydrogens is 476 g/mol. The second kappa shape index (κ2) is 12.9. The molecule has 2 aromatic carbocycles. The molecule has 0 aromatic heterocycles. The molecule has 37 heavy (non-hydrogen) atoms. The molecule has 0 saturated carbocycles. The quantitative estimate of drug-likeness (QED) is 0.346. The molecule has 0 aliphatic rings. The number of hydrogen-bond acceptors (Lipinski definition) is 6. The van der Waals surface area contributed by atoms with Gasteiger partial charge in [-0.1, -0.05) is 27.0 Å². The zero-order valence-electron chi connectivity index (χ0n) is 21.4. The van der Waals surface area contributed by atoms with Crippen LogP contribution in [0, 0.1) is 5.41 Å². The molecular formula is C27H32N4O6. The molecule has 0 heterocycles. The van der Waals surface area contributed by atoms with Gasteiger partial charge in [-0.3, -0.25) is 9.59 Å². The van der Waals surface area contributed by atoms with Crippen LogP contribution in [0.1, 0.15) is 27.7 Å². The van der Waals surface area contributed by atoms with Crippen LogP contribution >= 0.6 is 0 Å². The Hall–Kier alpha value is -4.60. The van der Waals surface area contributed by atoms with E-state index in [1.165, 1.54) is 0 Å². The lowest BCUT2D eigenvalue weighted by atomic mass is 9.93. The maximum Gasteiger partial charge on any atom is 0.412 e. The van der Waals surface area contributed by atoms with Crippen molar-refractivity contribution < 1.29 is 28.7 Å². The first-order valence-corrected chi connectivity index (χ1v) is 11.4. The van der Waals surface area contributed by atoms with Gasteiger partial charge in [0.25, 0.3) is 11.8 Å². The van der Waals surface area contributed by atoms with Gasteiger partial charge in [-0.2, -0.15) is 0 Å². The number of hydrogen-bond donors (Lipinski definition) is 4. The van der Waals surface area contributed by atoms with E-state index in [9.17, 15) is 19.2 Å². The van der Waals surface area contributed by atoms with E-state index in [1.807, 2.05) is 13.8 Å². The standard InChI is InChI=1S/C27H32N4O6/c1-17(2)23(32)30-19-7-11-21(12-8-19)36-25(34)28-15-27(5,6)16-29-26(35)37-22-13-9-20(10-14-22)31-24(33)18(3)4/h7-14H,1,3,15-16H2,2,4-6H3,(H,28,34)(H,29,35)(H,30,32)(H,31,33). The Morgan fingerprint density at radius 3 is 1.30 bits per heavy atom. The zero-order chi connectivity index (χ0) is 27.6. The van der Waals surface area contributed by atoms with Crippen LogP contribution in [0.4, 0.5) is 21.0 Å². The van der Waals surface area contributed by atoms with Crippen molar-refractivity contribution in [2.24, 2.45) is 5.41 Å². The molecule has 196 valence electrons. The van der Waals surface area contributed by atoms with Crippen LogP contribution in [-0.2, 0) is 9.59 Å². The summed E-state index contributed by atoms with van der Waals surface area (Å²) < 4.78 is 10.5. The summed E-state index contributed by atoms with van der Waals surface area (Å²) in [5.41, 5.74) is 1.34. The van der Waals surface area contributed by atoms with E-state index in [0.717, 1.165) is 0 Å². The second-order valence-corrected chi connectivity index (χ2v) is 9.17. The summed E-state index contributed by atoms with van der Waals surface area (Å²) in [4.78, 5) is 47.6. The second-order valence-electron chi connectivity index (χ2n) is 9.17. The number of rotatable bonds is 10. The molecule has 0 aliphatic carbocycles. The van der Waals surface area contributed by atoms with Crippen LogP contribution in [-0.4, -0.2) is 37.1 Å². The average Bonchev–Trinajstić information content (AvgIpc) is 2.84. The smallest absolute Gasteiger partial charge is 0.410 e. The monoisotopic (exact) mass is 508 g/mol. The van der Waals surface area contributed by atoms with Gasteiger partial charge in [0.1, 0.15) is 11.5 Å². The maximum atomic E-state index is 12.2. The molecule has 10 nitrogen and oxygen atoms in total. The summed E-state index contributed by atoms with van der Waals surface area (Å²) in [5, 5.41) is 10.6. The van der Waals surface area contributed by atoms with Crippen molar-refractivity contribution in [3.05, 3.63) is 72.8 Å². The summed E-state index contributed by atoms with van der Waals surface area (Å²) in [6.45, 7) is 14.5. The van der Waals surface area contributed by atoms with E-state index in [-0.39, 0.29) is 24.9 Å². The van der Waals surface area contributed by atoms with Gasteiger partial charge in [0.2, 0.25) is 0 Å². The Labute approximate surface area is 216 Å². The minimum absolute atomic E-state index is 0.218. The first-order chi connectivity index (χ1) is 17.3. The first kappa shape index (κ1) is 28.6. The van der Waals surface area contributed by atoms with Crippen LogP contribution in [0.2, 0.25) is 0 Å². The Bertz CT molecular complexity index is 1080. The van der Waals surface area contributed by atoms with E-state index in [2.05, 4.69) is 34.4 Å². The molecule has 0 atom stereocenters. The summed E-state index contributed by atoms with van der Waals surface area (Å²) in [6, 6.07) is 12.6. The maximum absolute atomic E-state index is 12.2. The Kier molecular flexibility index (Phi) is 10.00. The third-order valence-electron chi connectivity index (χ3n) is 4.84. The highest BCUT2D eigenvalue weighted by atomic mass is 16.6. The summed E-state index contributed by atoms with van der Waals surface area (Å²) in [7, 11) is 0. The van der Waals surface area contributed by atoms with E-state index >= 15 is 0 Å². The number of carbonyl (C=O) groups is 4. The number of amides is 4. The number of carbonyl (C=O) groups excluding carboxylic acids is 4. The summed E-state index contributed by atoms with van der Waals surface area (Å²) in [5.74, 6) is 0.00720. The minimum atomic E-state index is -0.659. The molecule has 2 rings (SSSR count). The minimum Gasteiger partial charge on any atom is -0.410 e. The van der Waals surface area contributed by atoms with Gasteiger partial charge in [0.15, 0.2) is 0 Å². The predicted molar refractivity (Wildman–Crippen MR) is 142 cm³/mol. The van der Waals surface area contributed by atoms with Gasteiger partial charge in [-0.05, 0) is 67.8 Å². The van der Waals surface area contributed by atoms with Crippen molar-refractivity contribution in [2.45, 2.75) is 27.7 Å². The summed E-state index contributed by atoms with van der Waals surface area (Å²) in [6.07, 6.45) is -1.32. The molecule has 0 spiro atoms. The van der Waals surface area contributed by atoms with Crippen LogP contribution in [0.25, 0.3) is 0 Å². The largest absolute Gasteiger partial charge is 0.412 e. The third-order valence-corrected chi connectivity index (χ3v) is 4.84. The third kappa shape index (κ3) is 10.3. The molecule has 0 fully saturated rings. The average molecular weight is 509 g/mol. The van der Waals surface area contributed by atoms with Crippen molar-refractivity contribution in [1.29, 1.82) is 0 Å². The molecule has 0 saturated heterocycles. The fraction of sp³-hybridized carbons (Fsp3) is 0.259. The lowest BCUT2D eigenvalue weighted by molar-refractivity contribution is -0.113. The molecule has 10 heteroatoms. The van der Waals surface area contributed by atoms with Gasteiger partial charge in [-0.15, -0.1) is 0 Å². The van der Waals surface area contributed by atoms with Crippen LogP contribution in [0.5, 0.6) is 11.5 Å². The van der Waals surface area contributed by atoms with Crippen molar-refractivity contribution in [1.82, 2.24) is 10.6 Å². The molecule has 4 amide bonds. The molecule has 0 bridgehead atoms. The lowest BCUT2D eigenvalue weighted by Gasteiger charge is -2.24. The normalized spacial score (nSPS) is 10.5. The Morgan fingerprint density at radius 1 is 0.676 bits per heavy atom. The van der Waals surface area contributed by atoms with Gasteiger partial charge in [0.05, 0.1) is 0 Å². The number of ether oxygens (including phenoxy) is 2. The highest BCUT2D eigenvalue weighted by molar-refractivity contribution is 6.03. The van der Waals surface area contributed by atoms with E-state index in [0.29, 0.717) is 34.0 Å². The van der Waals surface area contributed by atoms with Crippen molar-refractivity contribution in [3.63, 3.8) is 0 Å². The molecule has 0 aliphatic heterocycles. The fourth-order valence-electron chi connectivity index (χ4n) is 2.66. The number of benzene rings is 2. The van der Waals surface area contributed by atoms with E-state index < -0.39 is 17.6 Å². The lowest BCUT2D eigenvalue weighted by Crippen LogP contribution is -2.43. The summed E-state index contributed by atoms with van der Waals surface area (Å²) >= 11 is 0. The van der Waals surface area contributed by atoms with Crippen LogP contribution in [0.3, 0.4) is 0 Å². The SMILES string of the molecule is C=C(C)C(=O)Nc1ccc(OC(=O)NCC(C)(C)CNC(=O)Oc2ccc(NC(=O)C(=C)C)cc2)cc1. The predicted octanol–water partition coefficient (Wildman–Crippen LogP) is 4.62. The fourth-order valence-corrected chi connectivity index (χ4v) is 2.66. The van der Waals surface area contributed by atoms with Crippen molar-refractivity contribution >= 4 is 35.4 Å². The Morgan fingerprint density at radius 2 is 1.00 bits per heavy atom. The van der Waals surface area contributed by atoms with E-state index in [1.54, 1.807) is 62.4 Å². The van der Waals surface area contributed by atoms with Gasteiger partial charge >= 0.3 is 12.2 Å². The Balaban J connectivity index is 1.75.